The van der Waals surface area contributed by atoms with Gasteiger partial charge in [0.15, 0.2) is 0 Å². The molecule has 1 aliphatic heterocycles. The number of thioether (sulfide) groups is 1. The highest BCUT2D eigenvalue weighted by Crippen LogP contribution is 2.26. The molecule has 2 heterocycles. The molecule has 0 atom stereocenters. The Labute approximate surface area is 103 Å². The number of pyridine rings is 1. The predicted octanol–water partition coefficient (Wildman–Crippen LogP) is 1.88. The summed E-state index contributed by atoms with van der Waals surface area (Å²) in [7, 11) is 0. The van der Waals surface area contributed by atoms with E-state index in [0.717, 1.165) is 24.3 Å². The van der Waals surface area contributed by atoms with Crippen LogP contribution in [0, 0.1) is 10.1 Å². The molecule has 1 fully saturated rings. The molecule has 3 N–H and O–H groups in total. The smallest absolute Gasteiger partial charge is 0.311 e. The third kappa shape index (κ3) is 3.00. The van der Waals surface area contributed by atoms with E-state index in [2.05, 4.69) is 10.3 Å². The van der Waals surface area contributed by atoms with E-state index in [0.29, 0.717) is 5.82 Å². The second-order valence-electron chi connectivity index (χ2n) is 3.89. The van der Waals surface area contributed by atoms with Crippen molar-refractivity contribution in [3.05, 3.63) is 22.2 Å². The molecule has 7 heteroatoms. The Morgan fingerprint density at radius 1 is 1.47 bits per heavy atom. The van der Waals surface area contributed by atoms with Crippen molar-refractivity contribution in [1.82, 2.24) is 4.98 Å². The van der Waals surface area contributed by atoms with Crippen LogP contribution < -0.4 is 11.1 Å². The topological polar surface area (TPSA) is 94.1 Å². The zero-order valence-corrected chi connectivity index (χ0v) is 10.1. The first-order valence-corrected chi connectivity index (χ1v) is 6.57. The standard InChI is InChI=1S/C10H14N4O2S/c11-9-2-1-8(14(15)16)10(13-9)12-7-3-5-17-6-4-7/h1-2,7H,3-6H2,(H3,11,12,13). The van der Waals surface area contributed by atoms with E-state index < -0.39 is 4.92 Å². The van der Waals surface area contributed by atoms with Crippen molar-refractivity contribution in [1.29, 1.82) is 0 Å². The molecule has 1 aromatic rings. The van der Waals surface area contributed by atoms with Crippen LogP contribution in [0.25, 0.3) is 0 Å². The van der Waals surface area contributed by atoms with Gasteiger partial charge in [0.1, 0.15) is 5.82 Å². The lowest BCUT2D eigenvalue weighted by molar-refractivity contribution is -0.384. The Kier molecular flexibility index (Phi) is 3.68. The molecule has 0 unspecified atom stereocenters. The van der Waals surface area contributed by atoms with Crippen LogP contribution in [0.3, 0.4) is 0 Å². The number of hydrogen-bond donors (Lipinski definition) is 2. The summed E-state index contributed by atoms with van der Waals surface area (Å²) < 4.78 is 0. The van der Waals surface area contributed by atoms with E-state index in [4.69, 9.17) is 5.73 Å². The van der Waals surface area contributed by atoms with E-state index in [1.807, 2.05) is 11.8 Å². The summed E-state index contributed by atoms with van der Waals surface area (Å²) in [6.45, 7) is 0. The normalized spacial score (nSPS) is 16.7. The van der Waals surface area contributed by atoms with E-state index in [1.54, 1.807) is 0 Å². The van der Waals surface area contributed by atoms with Gasteiger partial charge in [0.2, 0.25) is 5.82 Å². The minimum Gasteiger partial charge on any atom is -0.384 e. The number of nitrogens with zero attached hydrogens (tertiary/aromatic N) is 2. The van der Waals surface area contributed by atoms with Gasteiger partial charge in [-0.15, -0.1) is 0 Å². The van der Waals surface area contributed by atoms with Crippen LogP contribution in [-0.2, 0) is 0 Å². The number of rotatable bonds is 3. The van der Waals surface area contributed by atoms with Crippen molar-refractivity contribution in [2.24, 2.45) is 0 Å². The van der Waals surface area contributed by atoms with Crippen molar-refractivity contribution >= 4 is 29.1 Å². The minimum atomic E-state index is -0.438. The van der Waals surface area contributed by atoms with Crippen LogP contribution in [-0.4, -0.2) is 27.5 Å². The van der Waals surface area contributed by atoms with Gasteiger partial charge in [-0.3, -0.25) is 10.1 Å². The van der Waals surface area contributed by atoms with E-state index in [1.165, 1.54) is 12.1 Å². The summed E-state index contributed by atoms with van der Waals surface area (Å²) >= 11 is 1.90. The third-order valence-electron chi connectivity index (χ3n) is 2.65. The van der Waals surface area contributed by atoms with Crippen LogP contribution in [0.1, 0.15) is 12.8 Å². The highest BCUT2D eigenvalue weighted by Gasteiger charge is 2.20. The maximum atomic E-state index is 10.9. The number of nitro groups is 1. The second-order valence-corrected chi connectivity index (χ2v) is 5.12. The van der Waals surface area contributed by atoms with Gasteiger partial charge in [0, 0.05) is 12.1 Å². The molecule has 0 aromatic carbocycles. The van der Waals surface area contributed by atoms with Crippen LogP contribution in [0.2, 0.25) is 0 Å². The summed E-state index contributed by atoms with van der Waals surface area (Å²) in [5.74, 6) is 2.73. The van der Waals surface area contributed by atoms with Gasteiger partial charge < -0.3 is 11.1 Å². The SMILES string of the molecule is Nc1ccc([N+](=O)[O-])c(NC2CCSCC2)n1. The Bertz CT molecular complexity index is 421. The summed E-state index contributed by atoms with van der Waals surface area (Å²) in [6.07, 6.45) is 2.00. The molecular weight excluding hydrogens is 240 g/mol. The monoisotopic (exact) mass is 254 g/mol. The fourth-order valence-corrected chi connectivity index (χ4v) is 2.86. The molecule has 17 heavy (non-hydrogen) atoms. The molecule has 1 saturated heterocycles. The maximum Gasteiger partial charge on any atom is 0.311 e. The van der Waals surface area contributed by atoms with Crippen LogP contribution in [0.5, 0.6) is 0 Å². The summed E-state index contributed by atoms with van der Waals surface area (Å²) in [4.78, 5) is 14.4. The minimum absolute atomic E-state index is 0.0163. The molecule has 0 amide bonds. The summed E-state index contributed by atoms with van der Waals surface area (Å²) in [5.41, 5.74) is 5.54. The van der Waals surface area contributed by atoms with Crippen molar-refractivity contribution in [3.63, 3.8) is 0 Å². The first kappa shape index (κ1) is 12.0. The molecule has 92 valence electrons. The molecule has 0 spiro atoms. The van der Waals surface area contributed by atoms with Crippen molar-refractivity contribution in [2.75, 3.05) is 22.6 Å². The molecule has 1 aromatic heterocycles. The van der Waals surface area contributed by atoms with Gasteiger partial charge in [0.25, 0.3) is 0 Å². The largest absolute Gasteiger partial charge is 0.384 e. The van der Waals surface area contributed by atoms with Crippen molar-refractivity contribution in [2.45, 2.75) is 18.9 Å². The lowest BCUT2D eigenvalue weighted by Gasteiger charge is -2.22. The Balaban J connectivity index is 2.17. The first-order valence-electron chi connectivity index (χ1n) is 5.42. The average Bonchev–Trinajstić information content (AvgIpc) is 2.30. The number of aromatic nitrogens is 1. The molecule has 0 aliphatic carbocycles. The molecular formula is C10H14N4O2S. The maximum absolute atomic E-state index is 10.9. The lowest BCUT2D eigenvalue weighted by Crippen LogP contribution is -2.25. The zero-order valence-electron chi connectivity index (χ0n) is 9.26. The second kappa shape index (κ2) is 5.22. The summed E-state index contributed by atoms with van der Waals surface area (Å²) in [5, 5.41) is 14.0. The Morgan fingerprint density at radius 3 is 2.82 bits per heavy atom. The lowest BCUT2D eigenvalue weighted by atomic mass is 10.1. The number of nitrogen functional groups attached to an aromatic ring is 1. The fourth-order valence-electron chi connectivity index (χ4n) is 1.76. The van der Waals surface area contributed by atoms with Gasteiger partial charge in [-0.1, -0.05) is 0 Å². The quantitative estimate of drug-likeness (QED) is 0.631. The molecule has 2 rings (SSSR count). The fraction of sp³-hybridized carbons (Fsp3) is 0.500. The van der Waals surface area contributed by atoms with E-state index in [9.17, 15) is 10.1 Å². The predicted molar refractivity (Wildman–Crippen MR) is 69.3 cm³/mol. The highest BCUT2D eigenvalue weighted by atomic mass is 32.2. The average molecular weight is 254 g/mol. The van der Waals surface area contributed by atoms with Crippen LogP contribution in [0.15, 0.2) is 12.1 Å². The number of anilines is 2. The van der Waals surface area contributed by atoms with Gasteiger partial charge in [-0.2, -0.15) is 11.8 Å². The Morgan fingerprint density at radius 2 is 2.18 bits per heavy atom. The highest BCUT2D eigenvalue weighted by molar-refractivity contribution is 7.99. The van der Waals surface area contributed by atoms with Gasteiger partial charge in [-0.25, -0.2) is 4.98 Å². The van der Waals surface area contributed by atoms with Gasteiger partial charge >= 0.3 is 5.69 Å². The first-order chi connectivity index (χ1) is 8.16. The molecule has 0 bridgehead atoms. The molecule has 1 aliphatic rings. The van der Waals surface area contributed by atoms with E-state index >= 15 is 0 Å². The van der Waals surface area contributed by atoms with Gasteiger partial charge in [-0.05, 0) is 30.4 Å². The number of nitrogens with two attached hydrogens (primary N) is 1. The van der Waals surface area contributed by atoms with Crippen molar-refractivity contribution in [3.8, 4) is 0 Å². The number of hydrogen-bond acceptors (Lipinski definition) is 6. The zero-order chi connectivity index (χ0) is 12.3. The Hall–Kier alpha value is -1.50. The van der Waals surface area contributed by atoms with Crippen LogP contribution >= 0.6 is 11.8 Å². The van der Waals surface area contributed by atoms with E-state index in [-0.39, 0.29) is 17.5 Å². The molecule has 0 radical (unpaired) electrons. The molecule has 6 nitrogen and oxygen atoms in total. The van der Waals surface area contributed by atoms with Gasteiger partial charge in [0.05, 0.1) is 4.92 Å². The van der Waals surface area contributed by atoms with Crippen molar-refractivity contribution < 1.29 is 4.92 Å². The number of nitrogens with one attached hydrogen (secondary N) is 1. The third-order valence-corrected chi connectivity index (χ3v) is 3.70. The molecule has 0 saturated carbocycles. The van der Waals surface area contributed by atoms with Crippen LogP contribution in [0.4, 0.5) is 17.3 Å². The summed E-state index contributed by atoms with van der Waals surface area (Å²) in [6, 6.07) is 3.09.